The first-order chi connectivity index (χ1) is 20.0. The van der Waals surface area contributed by atoms with Crippen molar-refractivity contribution in [1.29, 1.82) is 0 Å². The molecule has 5 rings (SSSR count). The third-order valence-electron chi connectivity index (χ3n) is 7.57. The maximum atomic E-state index is 12.8. The fraction of sp³-hybridized carbons (Fsp3) is 0.312. The molecule has 214 valence electrons. The van der Waals surface area contributed by atoms with Crippen LogP contribution in [0.25, 0.3) is 10.9 Å². The maximum absolute atomic E-state index is 12.8. The Morgan fingerprint density at radius 3 is 2.41 bits per heavy atom. The molecule has 0 aliphatic carbocycles. The minimum atomic E-state index is -0.249. The van der Waals surface area contributed by atoms with E-state index in [9.17, 15) is 4.79 Å². The second kappa shape index (κ2) is 12.8. The van der Waals surface area contributed by atoms with Crippen molar-refractivity contribution in [2.24, 2.45) is 0 Å². The summed E-state index contributed by atoms with van der Waals surface area (Å²) in [6, 6.07) is 19.6. The highest BCUT2D eigenvalue weighted by Crippen LogP contribution is 2.40. The lowest BCUT2D eigenvalue weighted by molar-refractivity contribution is 0.183. The summed E-state index contributed by atoms with van der Waals surface area (Å²) in [6.07, 6.45) is 3.32. The summed E-state index contributed by atoms with van der Waals surface area (Å²) in [7, 11) is 6.60. The summed E-state index contributed by atoms with van der Waals surface area (Å²) < 4.78 is 22.2. The third kappa shape index (κ3) is 6.15. The van der Waals surface area contributed by atoms with Gasteiger partial charge in [-0.05, 0) is 65.9 Å². The van der Waals surface area contributed by atoms with E-state index in [1.807, 2.05) is 42.5 Å². The summed E-state index contributed by atoms with van der Waals surface area (Å²) >= 11 is 0. The van der Waals surface area contributed by atoms with Crippen LogP contribution in [-0.4, -0.2) is 64.0 Å². The second-order valence-corrected chi connectivity index (χ2v) is 9.86. The molecule has 2 amide bonds. The molecule has 1 aliphatic heterocycles. The Kier molecular flexibility index (Phi) is 8.74. The highest BCUT2D eigenvalue weighted by Gasteiger charge is 2.29. The van der Waals surface area contributed by atoms with Crippen LogP contribution >= 0.6 is 0 Å². The lowest BCUT2D eigenvalue weighted by atomic mass is 9.88. The molecule has 9 nitrogen and oxygen atoms in total. The van der Waals surface area contributed by atoms with Gasteiger partial charge >= 0.3 is 6.03 Å². The normalized spacial score (nSPS) is 14.7. The number of aromatic nitrogens is 1. The van der Waals surface area contributed by atoms with Crippen molar-refractivity contribution in [2.45, 2.75) is 18.9 Å². The number of pyridine rings is 1. The monoisotopic (exact) mass is 556 g/mol. The smallest absolute Gasteiger partial charge is 0.319 e. The van der Waals surface area contributed by atoms with Gasteiger partial charge in [0.05, 0.1) is 39.6 Å². The number of rotatable bonds is 10. The van der Waals surface area contributed by atoms with Crippen LogP contribution in [0.2, 0.25) is 0 Å². The Hall–Kier alpha value is -4.50. The molecule has 9 heteroatoms. The number of benzene rings is 3. The fourth-order valence-electron chi connectivity index (χ4n) is 5.50. The lowest BCUT2D eigenvalue weighted by Crippen LogP contribution is -2.42. The average molecular weight is 557 g/mol. The fourth-order valence-corrected chi connectivity index (χ4v) is 5.50. The average Bonchev–Trinajstić information content (AvgIpc) is 3.01. The summed E-state index contributed by atoms with van der Waals surface area (Å²) in [5, 5.41) is 6.91. The number of nitrogens with zero attached hydrogens (tertiary/aromatic N) is 2. The number of ether oxygens (including phenoxy) is 4. The first kappa shape index (κ1) is 28.0. The number of urea groups is 1. The second-order valence-electron chi connectivity index (χ2n) is 9.86. The molecule has 1 aromatic heterocycles. The zero-order chi connectivity index (χ0) is 28.8. The molecule has 0 saturated heterocycles. The van der Waals surface area contributed by atoms with Gasteiger partial charge in [0.25, 0.3) is 0 Å². The van der Waals surface area contributed by atoms with Crippen LogP contribution in [0.3, 0.4) is 0 Å². The summed E-state index contributed by atoms with van der Waals surface area (Å²) in [5.74, 6) is 2.82. The van der Waals surface area contributed by atoms with Crippen LogP contribution in [0.5, 0.6) is 23.0 Å². The molecule has 1 atom stereocenters. The van der Waals surface area contributed by atoms with Gasteiger partial charge in [0, 0.05) is 37.3 Å². The van der Waals surface area contributed by atoms with Gasteiger partial charge in [-0.2, -0.15) is 0 Å². The topological polar surface area (TPSA) is 94.2 Å². The van der Waals surface area contributed by atoms with Gasteiger partial charge in [0.1, 0.15) is 0 Å². The Morgan fingerprint density at radius 1 is 0.902 bits per heavy atom. The highest BCUT2D eigenvalue weighted by atomic mass is 16.5. The van der Waals surface area contributed by atoms with Gasteiger partial charge in [-0.3, -0.25) is 9.88 Å². The van der Waals surface area contributed by atoms with E-state index in [4.69, 9.17) is 18.9 Å². The Morgan fingerprint density at radius 2 is 1.63 bits per heavy atom. The molecule has 2 heterocycles. The number of fused-ring (bicyclic) bond motifs is 2. The molecule has 41 heavy (non-hydrogen) atoms. The molecule has 4 aromatic rings. The van der Waals surface area contributed by atoms with Crippen molar-refractivity contribution < 1.29 is 23.7 Å². The van der Waals surface area contributed by atoms with E-state index >= 15 is 0 Å². The number of para-hydroxylation sites is 1. The lowest BCUT2D eigenvalue weighted by Gasteiger charge is -2.38. The minimum Gasteiger partial charge on any atom is -0.493 e. The molecule has 1 aliphatic rings. The van der Waals surface area contributed by atoms with Crippen LogP contribution in [0.4, 0.5) is 10.5 Å². The van der Waals surface area contributed by atoms with Crippen molar-refractivity contribution in [3.63, 3.8) is 0 Å². The van der Waals surface area contributed by atoms with Crippen LogP contribution in [0.15, 0.2) is 66.9 Å². The summed E-state index contributed by atoms with van der Waals surface area (Å²) in [6.45, 7) is 2.01. The van der Waals surface area contributed by atoms with E-state index in [1.165, 1.54) is 11.1 Å². The van der Waals surface area contributed by atoms with E-state index in [2.05, 4.69) is 38.7 Å². The van der Waals surface area contributed by atoms with Crippen LogP contribution in [0.1, 0.15) is 22.7 Å². The Balaban J connectivity index is 1.34. The number of nitrogens with one attached hydrogen (secondary N) is 2. The zero-order valence-electron chi connectivity index (χ0n) is 23.9. The predicted octanol–water partition coefficient (Wildman–Crippen LogP) is 5.23. The van der Waals surface area contributed by atoms with E-state index in [0.717, 1.165) is 47.3 Å². The molecule has 0 radical (unpaired) electrons. The van der Waals surface area contributed by atoms with Crippen LogP contribution in [-0.2, 0) is 12.8 Å². The Bertz CT molecular complexity index is 1520. The molecule has 0 bridgehead atoms. The zero-order valence-corrected chi connectivity index (χ0v) is 23.9. The van der Waals surface area contributed by atoms with Gasteiger partial charge in [-0.15, -0.1) is 0 Å². The molecule has 0 spiro atoms. The van der Waals surface area contributed by atoms with Gasteiger partial charge in [-0.1, -0.05) is 24.3 Å². The molecule has 0 saturated carbocycles. The van der Waals surface area contributed by atoms with Crippen LogP contribution < -0.4 is 29.6 Å². The number of anilines is 1. The van der Waals surface area contributed by atoms with E-state index < -0.39 is 0 Å². The van der Waals surface area contributed by atoms with E-state index in [0.29, 0.717) is 30.3 Å². The minimum absolute atomic E-state index is 0.0608. The quantitative estimate of drug-likeness (QED) is 0.276. The standard InChI is InChI=1S/C32H36N4O5/c1-38-28-10-9-21(18-29(28)39-2)17-27-24-20-31(41-4)30(40-3)19-22(24)12-15-36(27)16-14-34-32(37)35-26-11-13-33-25-8-6-5-7-23(25)26/h5-11,13,18-20,27H,12,14-17H2,1-4H3,(H2,33,34,35,37). The number of methoxy groups -OCH3 is 4. The van der Waals surface area contributed by atoms with Gasteiger partial charge < -0.3 is 29.6 Å². The molecule has 2 N–H and O–H groups in total. The number of hydrogen-bond donors (Lipinski definition) is 2. The van der Waals surface area contributed by atoms with E-state index in [1.54, 1.807) is 34.6 Å². The number of carbonyl (C=O) groups excluding carboxylic acids is 1. The maximum Gasteiger partial charge on any atom is 0.319 e. The summed E-state index contributed by atoms with van der Waals surface area (Å²) in [4.78, 5) is 19.6. The van der Waals surface area contributed by atoms with Crippen molar-refractivity contribution in [3.05, 3.63) is 83.6 Å². The molecule has 0 fully saturated rings. The van der Waals surface area contributed by atoms with Gasteiger partial charge in [0.2, 0.25) is 0 Å². The van der Waals surface area contributed by atoms with Gasteiger partial charge in [0.15, 0.2) is 23.0 Å². The predicted molar refractivity (Wildman–Crippen MR) is 160 cm³/mol. The first-order valence-electron chi connectivity index (χ1n) is 13.6. The third-order valence-corrected chi connectivity index (χ3v) is 7.57. The Labute approximate surface area is 240 Å². The molecular formula is C32H36N4O5. The molecule has 3 aromatic carbocycles. The van der Waals surface area contributed by atoms with Gasteiger partial charge in [-0.25, -0.2) is 4.79 Å². The highest BCUT2D eigenvalue weighted by molar-refractivity contribution is 6.00. The van der Waals surface area contributed by atoms with Crippen molar-refractivity contribution in [3.8, 4) is 23.0 Å². The van der Waals surface area contributed by atoms with Crippen molar-refractivity contribution in [1.82, 2.24) is 15.2 Å². The molecular weight excluding hydrogens is 520 g/mol. The van der Waals surface area contributed by atoms with E-state index in [-0.39, 0.29) is 12.1 Å². The van der Waals surface area contributed by atoms with Crippen molar-refractivity contribution >= 4 is 22.6 Å². The number of hydrogen-bond acceptors (Lipinski definition) is 7. The largest absolute Gasteiger partial charge is 0.493 e. The molecule has 1 unspecified atom stereocenters. The number of amides is 2. The number of carbonyl (C=O) groups is 1. The van der Waals surface area contributed by atoms with Crippen LogP contribution in [0, 0.1) is 0 Å². The van der Waals surface area contributed by atoms with Crippen molar-refractivity contribution in [2.75, 3.05) is 53.4 Å². The SMILES string of the molecule is COc1ccc(CC2c3cc(OC)c(OC)cc3CCN2CCNC(=O)Nc2ccnc3ccccc23)cc1OC. The first-order valence-corrected chi connectivity index (χ1v) is 13.6. The summed E-state index contributed by atoms with van der Waals surface area (Å²) in [5.41, 5.74) is 5.11.